The summed E-state index contributed by atoms with van der Waals surface area (Å²) in [5.41, 5.74) is 4.39. The highest BCUT2D eigenvalue weighted by Gasteiger charge is 2.07. The lowest BCUT2D eigenvalue weighted by Gasteiger charge is -2.02. The molecule has 1 N–H and O–H groups in total. The number of carbonyl (C=O) groups excluding carboxylic acids is 1. The van der Waals surface area contributed by atoms with Gasteiger partial charge in [0.1, 0.15) is 5.15 Å². The molecule has 130 valence electrons. The van der Waals surface area contributed by atoms with Gasteiger partial charge in [-0.3, -0.25) is 14.9 Å². The second kappa shape index (κ2) is 7.71. The summed E-state index contributed by atoms with van der Waals surface area (Å²) in [7, 11) is 0. The number of nitro groups is 1. The standard InChI is InChI=1S/C18H13ClN4O3/c19-18-14(10-13-3-1-2-4-16(13)21-18)11-20-22-17(24)9-12-5-7-15(8-6-12)23(25)26/h1-8,10-11H,9H2,(H,22,24)/b20-11+. The maximum Gasteiger partial charge on any atom is 0.269 e. The number of halogens is 1. The number of pyridine rings is 1. The molecule has 26 heavy (non-hydrogen) atoms. The largest absolute Gasteiger partial charge is 0.273 e. The van der Waals surface area contributed by atoms with E-state index in [1.165, 1.54) is 30.5 Å². The Hall–Kier alpha value is -3.32. The van der Waals surface area contributed by atoms with Crippen LogP contribution < -0.4 is 5.43 Å². The summed E-state index contributed by atoms with van der Waals surface area (Å²) in [6.45, 7) is 0. The van der Waals surface area contributed by atoms with Gasteiger partial charge in [0.25, 0.3) is 5.69 Å². The minimum Gasteiger partial charge on any atom is -0.273 e. The molecule has 0 aliphatic heterocycles. The summed E-state index contributed by atoms with van der Waals surface area (Å²) >= 11 is 6.12. The van der Waals surface area contributed by atoms with Crippen molar-refractivity contribution < 1.29 is 9.72 Å². The van der Waals surface area contributed by atoms with Gasteiger partial charge in [0.15, 0.2) is 0 Å². The molecule has 2 aromatic carbocycles. The van der Waals surface area contributed by atoms with Crippen LogP contribution in [-0.2, 0) is 11.2 Å². The summed E-state index contributed by atoms with van der Waals surface area (Å²) in [6, 6.07) is 15.1. The summed E-state index contributed by atoms with van der Waals surface area (Å²) in [4.78, 5) is 26.3. The van der Waals surface area contributed by atoms with Gasteiger partial charge in [-0.2, -0.15) is 5.10 Å². The molecule has 0 saturated heterocycles. The van der Waals surface area contributed by atoms with Crippen molar-refractivity contribution in [2.45, 2.75) is 6.42 Å². The van der Waals surface area contributed by atoms with E-state index >= 15 is 0 Å². The van der Waals surface area contributed by atoms with Crippen molar-refractivity contribution in [3.05, 3.63) is 81.0 Å². The molecule has 0 saturated carbocycles. The fraction of sp³-hybridized carbons (Fsp3) is 0.0556. The lowest BCUT2D eigenvalue weighted by molar-refractivity contribution is -0.384. The van der Waals surface area contributed by atoms with E-state index in [1.54, 1.807) is 0 Å². The van der Waals surface area contributed by atoms with Gasteiger partial charge in [-0.15, -0.1) is 0 Å². The number of amides is 1. The van der Waals surface area contributed by atoms with Crippen LogP contribution in [0.2, 0.25) is 5.15 Å². The molecule has 0 aliphatic carbocycles. The average Bonchev–Trinajstić information content (AvgIpc) is 2.62. The molecule has 1 amide bonds. The number of para-hydroxylation sites is 1. The quantitative estimate of drug-likeness (QED) is 0.322. The molecule has 0 atom stereocenters. The number of fused-ring (bicyclic) bond motifs is 1. The highest BCUT2D eigenvalue weighted by Crippen LogP contribution is 2.19. The van der Waals surface area contributed by atoms with Gasteiger partial charge < -0.3 is 0 Å². The number of non-ortho nitro benzene ring substituents is 1. The van der Waals surface area contributed by atoms with Crippen LogP contribution in [0.25, 0.3) is 10.9 Å². The van der Waals surface area contributed by atoms with E-state index in [4.69, 9.17) is 11.6 Å². The predicted molar refractivity (Wildman–Crippen MR) is 99.3 cm³/mol. The van der Waals surface area contributed by atoms with E-state index in [0.717, 1.165) is 10.9 Å². The Morgan fingerprint density at radius 2 is 1.96 bits per heavy atom. The Labute approximate surface area is 153 Å². The second-order valence-corrected chi connectivity index (χ2v) is 5.81. The van der Waals surface area contributed by atoms with E-state index < -0.39 is 4.92 Å². The summed E-state index contributed by atoms with van der Waals surface area (Å²) in [6.07, 6.45) is 1.48. The van der Waals surface area contributed by atoms with Gasteiger partial charge in [-0.25, -0.2) is 10.4 Å². The SMILES string of the molecule is O=C(Cc1ccc([N+](=O)[O-])cc1)N/N=C/c1cc2ccccc2nc1Cl. The highest BCUT2D eigenvalue weighted by molar-refractivity contribution is 6.32. The molecular weight excluding hydrogens is 356 g/mol. The number of nitrogens with one attached hydrogen (secondary N) is 1. The van der Waals surface area contributed by atoms with Gasteiger partial charge in [0.05, 0.1) is 23.1 Å². The molecular formula is C18H13ClN4O3. The van der Waals surface area contributed by atoms with Crippen LogP contribution in [0, 0.1) is 10.1 Å². The number of hydrazone groups is 1. The van der Waals surface area contributed by atoms with Crippen LogP contribution in [0.1, 0.15) is 11.1 Å². The number of benzene rings is 2. The summed E-state index contributed by atoms with van der Waals surface area (Å²) in [5.74, 6) is -0.347. The first-order valence-electron chi connectivity index (χ1n) is 7.63. The first-order valence-corrected chi connectivity index (χ1v) is 8.01. The Morgan fingerprint density at radius 3 is 2.69 bits per heavy atom. The number of nitro benzene ring substituents is 1. The topological polar surface area (TPSA) is 97.5 Å². The number of carbonyl (C=O) groups is 1. The summed E-state index contributed by atoms with van der Waals surface area (Å²) in [5, 5.41) is 15.7. The van der Waals surface area contributed by atoms with Crippen molar-refractivity contribution in [2.75, 3.05) is 0 Å². The van der Waals surface area contributed by atoms with Gasteiger partial charge >= 0.3 is 0 Å². The van der Waals surface area contributed by atoms with Crippen molar-refractivity contribution in [1.82, 2.24) is 10.4 Å². The zero-order valence-corrected chi connectivity index (χ0v) is 14.2. The second-order valence-electron chi connectivity index (χ2n) is 5.45. The molecule has 3 aromatic rings. The number of hydrogen-bond donors (Lipinski definition) is 1. The van der Waals surface area contributed by atoms with Gasteiger partial charge in [0, 0.05) is 23.1 Å². The number of aromatic nitrogens is 1. The lowest BCUT2D eigenvalue weighted by atomic mass is 10.1. The molecule has 3 rings (SSSR count). The van der Waals surface area contributed by atoms with Crippen LogP contribution in [0.3, 0.4) is 0 Å². The Morgan fingerprint density at radius 1 is 1.23 bits per heavy atom. The smallest absolute Gasteiger partial charge is 0.269 e. The summed E-state index contributed by atoms with van der Waals surface area (Å²) < 4.78 is 0. The van der Waals surface area contributed by atoms with Crippen LogP contribution in [-0.4, -0.2) is 22.0 Å². The van der Waals surface area contributed by atoms with Crippen molar-refractivity contribution in [2.24, 2.45) is 5.10 Å². The van der Waals surface area contributed by atoms with Gasteiger partial charge in [-0.05, 0) is 17.7 Å². The Balaban J connectivity index is 1.63. The van der Waals surface area contributed by atoms with E-state index in [2.05, 4.69) is 15.5 Å². The van der Waals surface area contributed by atoms with Crippen molar-refractivity contribution in [3.8, 4) is 0 Å². The number of hydrogen-bond acceptors (Lipinski definition) is 5. The monoisotopic (exact) mass is 368 g/mol. The molecule has 8 heteroatoms. The van der Waals surface area contributed by atoms with Crippen LogP contribution in [0.15, 0.2) is 59.7 Å². The van der Waals surface area contributed by atoms with E-state index in [9.17, 15) is 14.9 Å². The third-order valence-corrected chi connectivity index (χ3v) is 3.91. The predicted octanol–water partition coefficient (Wildman–Crippen LogP) is 3.49. The van der Waals surface area contributed by atoms with Crippen LogP contribution >= 0.6 is 11.6 Å². The number of rotatable bonds is 5. The number of nitrogens with zero attached hydrogens (tertiary/aromatic N) is 3. The van der Waals surface area contributed by atoms with Crippen molar-refractivity contribution >= 4 is 40.3 Å². The van der Waals surface area contributed by atoms with Crippen molar-refractivity contribution in [3.63, 3.8) is 0 Å². The zero-order chi connectivity index (χ0) is 18.5. The minimum absolute atomic E-state index is 0.0226. The third-order valence-electron chi connectivity index (χ3n) is 3.61. The first kappa shape index (κ1) is 17.5. The highest BCUT2D eigenvalue weighted by atomic mass is 35.5. The maximum absolute atomic E-state index is 11.9. The van der Waals surface area contributed by atoms with Gasteiger partial charge in [-0.1, -0.05) is 41.9 Å². The van der Waals surface area contributed by atoms with E-state index in [-0.39, 0.29) is 23.2 Å². The van der Waals surface area contributed by atoms with E-state index in [0.29, 0.717) is 11.1 Å². The Kier molecular flexibility index (Phi) is 5.19. The molecule has 0 fully saturated rings. The molecule has 0 bridgehead atoms. The zero-order valence-electron chi connectivity index (χ0n) is 13.4. The fourth-order valence-corrected chi connectivity index (χ4v) is 2.53. The Bertz CT molecular complexity index is 1000. The normalized spacial score (nSPS) is 11.0. The maximum atomic E-state index is 11.9. The lowest BCUT2D eigenvalue weighted by Crippen LogP contribution is -2.19. The fourth-order valence-electron chi connectivity index (χ4n) is 2.33. The molecule has 0 unspecified atom stereocenters. The van der Waals surface area contributed by atoms with E-state index in [1.807, 2.05) is 30.3 Å². The minimum atomic E-state index is -0.491. The molecule has 0 radical (unpaired) electrons. The molecule has 1 heterocycles. The average molecular weight is 369 g/mol. The van der Waals surface area contributed by atoms with Crippen LogP contribution in [0.4, 0.5) is 5.69 Å². The van der Waals surface area contributed by atoms with Gasteiger partial charge in [0.2, 0.25) is 5.91 Å². The first-order chi connectivity index (χ1) is 12.5. The van der Waals surface area contributed by atoms with Crippen molar-refractivity contribution in [1.29, 1.82) is 0 Å². The molecule has 0 spiro atoms. The molecule has 0 aliphatic rings. The molecule has 7 nitrogen and oxygen atoms in total. The third kappa shape index (κ3) is 4.20. The molecule has 1 aromatic heterocycles. The van der Waals surface area contributed by atoms with Crippen LogP contribution in [0.5, 0.6) is 0 Å².